The molecule has 0 aliphatic carbocycles. The number of benzene rings is 1. The predicted octanol–water partition coefficient (Wildman–Crippen LogP) is 3.72. The summed E-state index contributed by atoms with van der Waals surface area (Å²) >= 11 is 10.8. The lowest BCUT2D eigenvalue weighted by Gasteiger charge is -2.00. The number of rotatable bonds is 2. The Morgan fingerprint density at radius 2 is 2.27 bits per heavy atom. The molecule has 1 aromatic carbocycles. The lowest BCUT2D eigenvalue weighted by molar-refractivity contribution is 0.285. The van der Waals surface area contributed by atoms with Gasteiger partial charge in [-0.1, -0.05) is 27.5 Å². The molecule has 1 aromatic heterocycles. The topological polar surface area (TPSA) is 33.1 Å². The Balaban J connectivity index is 2.48. The second kappa shape index (κ2) is 4.61. The van der Waals surface area contributed by atoms with Crippen LogP contribution >= 0.6 is 38.9 Å². The van der Waals surface area contributed by atoms with Crippen LogP contribution < -0.4 is 0 Å². The van der Waals surface area contributed by atoms with Gasteiger partial charge in [0.25, 0.3) is 0 Å². The van der Waals surface area contributed by atoms with Crippen molar-refractivity contribution in [2.75, 3.05) is 0 Å². The monoisotopic (exact) mass is 303 g/mol. The van der Waals surface area contributed by atoms with Crippen molar-refractivity contribution >= 4 is 38.9 Å². The molecule has 0 spiro atoms. The SMILES string of the molecule is OCc1cnc(-c2cc(Cl)ccc2Br)s1. The predicted molar refractivity (Wildman–Crippen MR) is 66.2 cm³/mol. The summed E-state index contributed by atoms with van der Waals surface area (Å²) in [6, 6.07) is 5.55. The third-order valence-electron chi connectivity index (χ3n) is 1.87. The Labute approximate surface area is 105 Å². The molecule has 0 aliphatic heterocycles. The Morgan fingerprint density at radius 3 is 2.93 bits per heavy atom. The Hall–Kier alpha value is -0.420. The summed E-state index contributed by atoms with van der Waals surface area (Å²) in [4.78, 5) is 5.07. The van der Waals surface area contributed by atoms with Gasteiger partial charge in [-0.3, -0.25) is 0 Å². The van der Waals surface area contributed by atoms with Gasteiger partial charge in [0.05, 0.1) is 11.5 Å². The highest BCUT2D eigenvalue weighted by Gasteiger charge is 2.08. The maximum Gasteiger partial charge on any atom is 0.124 e. The fourth-order valence-electron chi connectivity index (χ4n) is 1.17. The largest absolute Gasteiger partial charge is 0.391 e. The minimum Gasteiger partial charge on any atom is -0.391 e. The van der Waals surface area contributed by atoms with E-state index in [2.05, 4.69) is 20.9 Å². The van der Waals surface area contributed by atoms with Crippen LogP contribution in [0.5, 0.6) is 0 Å². The van der Waals surface area contributed by atoms with Gasteiger partial charge in [0.1, 0.15) is 5.01 Å². The normalized spacial score (nSPS) is 10.6. The van der Waals surface area contributed by atoms with E-state index in [1.807, 2.05) is 18.2 Å². The molecule has 1 heterocycles. The molecule has 0 radical (unpaired) electrons. The number of thiazole rings is 1. The molecule has 0 aliphatic rings. The van der Waals surface area contributed by atoms with Gasteiger partial charge >= 0.3 is 0 Å². The first-order valence-electron chi connectivity index (χ1n) is 4.21. The first-order valence-corrected chi connectivity index (χ1v) is 6.20. The number of halogens is 2. The van der Waals surface area contributed by atoms with Gasteiger partial charge in [0.15, 0.2) is 0 Å². The van der Waals surface area contributed by atoms with Crippen LogP contribution in [0, 0.1) is 0 Å². The van der Waals surface area contributed by atoms with E-state index in [0.717, 1.165) is 19.9 Å². The van der Waals surface area contributed by atoms with E-state index < -0.39 is 0 Å². The van der Waals surface area contributed by atoms with Crippen LogP contribution in [0.25, 0.3) is 10.6 Å². The molecule has 0 saturated heterocycles. The van der Waals surface area contributed by atoms with Crippen molar-refractivity contribution in [1.82, 2.24) is 4.98 Å². The van der Waals surface area contributed by atoms with Crippen molar-refractivity contribution in [3.05, 3.63) is 38.8 Å². The summed E-state index contributed by atoms with van der Waals surface area (Å²) in [7, 11) is 0. The zero-order valence-electron chi connectivity index (χ0n) is 7.58. The molecule has 5 heteroatoms. The zero-order chi connectivity index (χ0) is 10.8. The van der Waals surface area contributed by atoms with E-state index in [1.54, 1.807) is 6.20 Å². The van der Waals surface area contributed by atoms with E-state index in [1.165, 1.54) is 11.3 Å². The minimum absolute atomic E-state index is 0.0237. The summed E-state index contributed by atoms with van der Waals surface area (Å²) in [5.74, 6) is 0. The molecule has 78 valence electrons. The van der Waals surface area contributed by atoms with Gasteiger partial charge < -0.3 is 5.11 Å². The molecule has 1 N–H and O–H groups in total. The van der Waals surface area contributed by atoms with Crippen LogP contribution in [0.3, 0.4) is 0 Å². The van der Waals surface area contributed by atoms with Crippen molar-refractivity contribution < 1.29 is 5.11 Å². The van der Waals surface area contributed by atoms with Crippen LogP contribution in [-0.4, -0.2) is 10.1 Å². The van der Waals surface area contributed by atoms with E-state index in [0.29, 0.717) is 5.02 Å². The van der Waals surface area contributed by atoms with Crippen molar-refractivity contribution in [2.45, 2.75) is 6.61 Å². The summed E-state index contributed by atoms with van der Waals surface area (Å²) in [5, 5.41) is 10.5. The Kier molecular flexibility index (Phi) is 3.41. The van der Waals surface area contributed by atoms with Gasteiger partial charge in [-0.2, -0.15) is 0 Å². The number of aromatic nitrogens is 1. The summed E-state index contributed by atoms with van der Waals surface area (Å²) in [6.07, 6.45) is 1.67. The maximum absolute atomic E-state index is 8.95. The van der Waals surface area contributed by atoms with Gasteiger partial charge in [-0.05, 0) is 18.2 Å². The third kappa shape index (κ3) is 2.39. The van der Waals surface area contributed by atoms with Crippen LogP contribution in [0.15, 0.2) is 28.9 Å². The average molecular weight is 305 g/mol. The highest BCUT2D eigenvalue weighted by molar-refractivity contribution is 9.10. The molecule has 2 rings (SSSR count). The van der Waals surface area contributed by atoms with Crippen LogP contribution in [0.1, 0.15) is 4.88 Å². The molecule has 15 heavy (non-hydrogen) atoms. The fourth-order valence-corrected chi connectivity index (χ4v) is 2.71. The van der Waals surface area contributed by atoms with Crippen LogP contribution in [0.2, 0.25) is 5.02 Å². The molecule has 0 unspecified atom stereocenters. The van der Waals surface area contributed by atoms with Crippen LogP contribution in [0.4, 0.5) is 0 Å². The van der Waals surface area contributed by atoms with Crippen molar-refractivity contribution in [3.63, 3.8) is 0 Å². The molecular formula is C10H7BrClNOS. The van der Waals surface area contributed by atoms with Gasteiger partial charge in [-0.15, -0.1) is 11.3 Å². The van der Waals surface area contributed by atoms with Crippen molar-refractivity contribution in [1.29, 1.82) is 0 Å². The van der Waals surface area contributed by atoms with Gasteiger partial charge in [0, 0.05) is 21.3 Å². The Morgan fingerprint density at radius 1 is 1.47 bits per heavy atom. The molecule has 2 nitrogen and oxygen atoms in total. The molecule has 0 amide bonds. The zero-order valence-corrected chi connectivity index (χ0v) is 10.7. The highest BCUT2D eigenvalue weighted by Crippen LogP contribution is 2.33. The number of hydrogen-bond acceptors (Lipinski definition) is 3. The molecule has 0 bridgehead atoms. The summed E-state index contributed by atoms with van der Waals surface area (Å²) in [6.45, 7) is 0.0237. The second-order valence-electron chi connectivity index (χ2n) is 2.91. The van der Waals surface area contributed by atoms with Crippen molar-refractivity contribution in [3.8, 4) is 10.6 Å². The molecule has 2 aromatic rings. The molecule has 0 saturated carbocycles. The van der Waals surface area contributed by atoms with E-state index in [4.69, 9.17) is 16.7 Å². The molecule has 0 atom stereocenters. The smallest absolute Gasteiger partial charge is 0.124 e. The quantitative estimate of drug-likeness (QED) is 0.917. The molecule has 0 fully saturated rings. The number of aliphatic hydroxyl groups excluding tert-OH is 1. The van der Waals surface area contributed by atoms with E-state index >= 15 is 0 Å². The second-order valence-corrected chi connectivity index (χ2v) is 5.32. The first kappa shape index (κ1) is 11.1. The summed E-state index contributed by atoms with van der Waals surface area (Å²) in [5.41, 5.74) is 0.951. The number of aliphatic hydroxyl groups is 1. The van der Waals surface area contributed by atoms with Crippen molar-refractivity contribution in [2.24, 2.45) is 0 Å². The third-order valence-corrected chi connectivity index (χ3v) is 3.81. The van der Waals surface area contributed by atoms with E-state index in [-0.39, 0.29) is 6.61 Å². The number of hydrogen-bond donors (Lipinski definition) is 1. The first-order chi connectivity index (χ1) is 7.20. The molecular weight excluding hydrogens is 298 g/mol. The van der Waals surface area contributed by atoms with Gasteiger partial charge in [0.2, 0.25) is 0 Å². The lowest BCUT2D eigenvalue weighted by Crippen LogP contribution is -1.77. The Bertz CT molecular complexity index is 486. The highest BCUT2D eigenvalue weighted by atomic mass is 79.9. The fraction of sp³-hybridized carbons (Fsp3) is 0.100. The van der Waals surface area contributed by atoms with Gasteiger partial charge in [-0.25, -0.2) is 4.98 Å². The number of nitrogens with zero attached hydrogens (tertiary/aromatic N) is 1. The van der Waals surface area contributed by atoms with E-state index in [9.17, 15) is 0 Å². The summed E-state index contributed by atoms with van der Waals surface area (Å²) < 4.78 is 0.950. The standard InChI is InChI=1S/C10H7BrClNOS/c11-9-2-1-6(12)3-8(9)10-13-4-7(5-14)15-10/h1-4,14H,5H2. The minimum atomic E-state index is 0.0237. The average Bonchev–Trinajstić information content (AvgIpc) is 2.70. The lowest BCUT2D eigenvalue weighted by atomic mass is 10.2. The van der Waals surface area contributed by atoms with Crippen LogP contribution in [-0.2, 0) is 6.61 Å². The maximum atomic E-state index is 8.95.